The molecule has 0 bridgehead atoms. The molecule has 0 aliphatic carbocycles. The lowest BCUT2D eigenvalue weighted by molar-refractivity contribution is -0.384. The molecule has 0 amide bonds. The standard InChI is InChI=1S/C16H10ClF2NO6/c17-13-6-3-10(20(23)24)7-12(13)15(22)25-8-14(21)9-1-4-11(5-2-9)26-16(18)19/h1-7,16H,8H2. The predicted octanol–water partition coefficient (Wildman–Crippen LogP) is 3.89. The molecule has 2 aromatic carbocycles. The lowest BCUT2D eigenvalue weighted by Crippen LogP contribution is -2.15. The monoisotopic (exact) mass is 385 g/mol. The maximum Gasteiger partial charge on any atom is 0.387 e. The van der Waals surface area contributed by atoms with Crippen LogP contribution in [0.3, 0.4) is 0 Å². The molecular formula is C16H10ClF2NO6. The molecule has 10 heteroatoms. The minimum Gasteiger partial charge on any atom is -0.454 e. The second kappa shape index (κ2) is 8.34. The quantitative estimate of drug-likeness (QED) is 0.310. The van der Waals surface area contributed by atoms with Gasteiger partial charge in [-0.25, -0.2) is 4.79 Å². The van der Waals surface area contributed by atoms with Crippen LogP contribution in [-0.4, -0.2) is 29.9 Å². The molecule has 0 N–H and O–H groups in total. The summed E-state index contributed by atoms with van der Waals surface area (Å²) in [6.45, 7) is -3.65. The zero-order valence-corrected chi connectivity index (χ0v) is 13.6. The van der Waals surface area contributed by atoms with Crippen LogP contribution in [0.1, 0.15) is 20.7 Å². The fourth-order valence-corrected chi connectivity index (χ4v) is 2.09. The van der Waals surface area contributed by atoms with Crippen molar-refractivity contribution in [3.05, 3.63) is 68.7 Å². The molecule has 0 fully saturated rings. The first-order valence-corrected chi connectivity index (χ1v) is 7.35. The van der Waals surface area contributed by atoms with Gasteiger partial charge in [0.25, 0.3) is 5.69 Å². The minimum atomic E-state index is -2.99. The van der Waals surface area contributed by atoms with Gasteiger partial charge in [0.1, 0.15) is 5.75 Å². The summed E-state index contributed by atoms with van der Waals surface area (Å²) in [6, 6.07) is 8.01. The first kappa shape index (κ1) is 19.3. The van der Waals surface area contributed by atoms with Gasteiger partial charge in [-0.1, -0.05) is 11.6 Å². The van der Waals surface area contributed by atoms with Crippen molar-refractivity contribution in [3.63, 3.8) is 0 Å². The summed E-state index contributed by atoms with van der Waals surface area (Å²) in [5.74, 6) is -1.75. The summed E-state index contributed by atoms with van der Waals surface area (Å²) in [7, 11) is 0. The van der Waals surface area contributed by atoms with Crippen molar-refractivity contribution >= 4 is 29.0 Å². The molecule has 0 spiro atoms. The average Bonchev–Trinajstić information content (AvgIpc) is 2.59. The van der Waals surface area contributed by atoms with E-state index >= 15 is 0 Å². The SMILES string of the molecule is O=C(COC(=O)c1cc([N+](=O)[O-])ccc1Cl)c1ccc(OC(F)F)cc1. The van der Waals surface area contributed by atoms with E-state index in [0.717, 1.165) is 12.1 Å². The summed E-state index contributed by atoms with van der Waals surface area (Å²) in [5, 5.41) is 10.7. The Balaban J connectivity index is 2.02. The molecule has 2 rings (SSSR count). The number of benzene rings is 2. The largest absolute Gasteiger partial charge is 0.454 e. The van der Waals surface area contributed by atoms with Gasteiger partial charge < -0.3 is 9.47 Å². The Labute approximate surface area is 150 Å². The van der Waals surface area contributed by atoms with E-state index in [4.69, 9.17) is 16.3 Å². The van der Waals surface area contributed by atoms with Gasteiger partial charge in [-0.2, -0.15) is 8.78 Å². The normalized spacial score (nSPS) is 10.5. The van der Waals surface area contributed by atoms with Crippen LogP contribution in [0.2, 0.25) is 5.02 Å². The predicted molar refractivity (Wildman–Crippen MR) is 85.8 cm³/mol. The molecule has 0 saturated heterocycles. The minimum absolute atomic E-state index is 0.0680. The topological polar surface area (TPSA) is 95.7 Å². The zero-order chi connectivity index (χ0) is 19.3. The molecule has 0 heterocycles. The number of Topliss-reactive ketones (excluding diaryl/α,β-unsaturated/α-hetero) is 1. The lowest BCUT2D eigenvalue weighted by atomic mass is 10.1. The van der Waals surface area contributed by atoms with Crippen molar-refractivity contribution in [1.29, 1.82) is 0 Å². The Hall–Kier alpha value is -3.07. The highest BCUT2D eigenvalue weighted by atomic mass is 35.5. The van der Waals surface area contributed by atoms with Crippen molar-refractivity contribution in [2.75, 3.05) is 6.61 Å². The first-order chi connectivity index (χ1) is 12.3. The molecule has 136 valence electrons. The number of alkyl halides is 2. The number of halogens is 3. The van der Waals surface area contributed by atoms with E-state index in [0.29, 0.717) is 0 Å². The van der Waals surface area contributed by atoms with E-state index in [9.17, 15) is 28.5 Å². The Bertz CT molecular complexity index is 841. The molecule has 0 atom stereocenters. The van der Waals surface area contributed by atoms with Crippen LogP contribution in [0.4, 0.5) is 14.5 Å². The molecule has 0 radical (unpaired) electrons. The highest BCUT2D eigenvalue weighted by Gasteiger charge is 2.18. The van der Waals surface area contributed by atoms with Crippen molar-refractivity contribution in [2.45, 2.75) is 6.61 Å². The van der Waals surface area contributed by atoms with Crippen molar-refractivity contribution in [2.24, 2.45) is 0 Å². The number of ether oxygens (including phenoxy) is 2. The smallest absolute Gasteiger partial charge is 0.387 e. The third-order valence-corrected chi connectivity index (χ3v) is 3.45. The van der Waals surface area contributed by atoms with Crippen molar-refractivity contribution in [1.82, 2.24) is 0 Å². The number of non-ortho nitro benzene ring substituents is 1. The van der Waals surface area contributed by atoms with E-state index in [1.165, 1.54) is 30.3 Å². The van der Waals surface area contributed by atoms with Crippen LogP contribution in [0, 0.1) is 10.1 Å². The number of ketones is 1. The van der Waals surface area contributed by atoms with E-state index in [1.54, 1.807) is 0 Å². The summed E-state index contributed by atoms with van der Waals surface area (Å²) in [4.78, 5) is 34.0. The van der Waals surface area contributed by atoms with E-state index in [1.807, 2.05) is 0 Å². The molecule has 0 unspecified atom stereocenters. The molecule has 0 aliphatic heterocycles. The van der Waals surface area contributed by atoms with E-state index in [2.05, 4.69) is 4.74 Å². The van der Waals surface area contributed by atoms with E-state index < -0.39 is 29.9 Å². The summed E-state index contributed by atoms with van der Waals surface area (Å²) >= 11 is 5.80. The van der Waals surface area contributed by atoms with Crippen LogP contribution < -0.4 is 4.74 Å². The first-order valence-electron chi connectivity index (χ1n) is 6.97. The molecule has 7 nitrogen and oxygen atoms in total. The highest BCUT2D eigenvalue weighted by molar-refractivity contribution is 6.33. The fraction of sp³-hybridized carbons (Fsp3) is 0.125. The number of carbonyl (C=O) groups excluding carboxylic acids is 2. The average molecular weight is 386 g/mol. The Morgan fingerprint density at radius 1 is 1.15 bits per heavy atom. The number of rotatable bonds is 7. The number of carbonyl (C=O) groups is 2. The summed E-state index contributed by atoms with van der Waals surface area (Å²) in [6.07, 6.45) is 0. The van der Waals surface area contributed by atoms with Gasteiger partial charge >= 0.3 is 12.6 Å². The van der Waals surface area contributed by atoms with Crippen LogP contribution in [0.5, 0.6) is 5.75 Å². The number of hydrogen-bond acceptors (Lipinski definition) is 6. The van der Waals surface area contributed by atoms with Gasteiger partial charge in [-0.3, -0.25) is 14.9 Å². The third kappa shape index (κ3) is 4.96. The maximum atomic E-state index is 12.1. The Morgan fingerprint density at radius 3 is 2.38 bits per heavy atom. The van der Waals surface area contributed by atoms with Gasteiger partial charge in [0.2, 0.25) is 0 Å². The number of nitrogens with zero attached hydrogens (tertiary/aromatic N) is 1. The number of hydrogen-bond donors (Lipinski definition) is 0. The fourth-order valence-electron chi connectivity index (χ4n) is 1.90. The number of esters is 1. The van der Waals surface area contributed by atoms with Crippen LogP contribution in [0.25, 0.3) is 0 Å². The molecule has 2 aromatic rings. The van der Waals surface area contributed by atoms with E-state index in [-0.39, 0.29) is 27.6 Å². The van der Waals surface area contributed by atoms with Crippen molar-refractivity contribution in [3.8, 4) is 5.75 Å². The molecule has 0 saturated carbocycles. The van der Waals surface area contributed by atoms with Gasteiger partial charge in [-0.05, 0) is 30.3 Å². The summed E-state index contributed by atoms with van der Waals surface area (Å²) in [5.41, 5.74) is -0.513. The highest BCUT2D eigenvalue weighted by Crippen LogP contribution is 2.23. The molecule has 26 heavy (non-hydrogen) atoms. The Kier molecular flexibility index (Phi) is 6.18. The summed E-state index contributed by atoms with van der Waals surface area (Å²) < 4.78 is 33.1. The van der Waals surface area contributed by atoms with Gasteiger partial charge in [0.05, 0.1) is 15.5 Å². The maximum absolute atomic E-state index is 12.1. The molecule has 0 aromatic heterocycles. The molecule has 0 aliphatic rings. The molecular weight excluding hydrogens is 376 g/mol. The van der Waals surface area contributed by atoms with Crippen LogP contribution in [0.15, 0.2) is 42.5 Å². The van der Waals surface area contributed by atoms with Crippen LogP contribution in [-0.2, 0) is 4.74 Å². The number of nitro groups is 1. The third-order valence-electron chi connectivity index (χ3n) is 3.12. The zero-order valence-electron chi connectivity index (χ0n) is 12.9. The van der Waals surface area contributed by atoms with Crippen molar-refractivity contribution < 1.29 is 32.8 Å². The Morgan fingerprint density at radius 2 is 1.81 bits per heavy atom. The van der Waals surface area contributed by atoms with Crippen LogP contribution >= 0.6 is 11.6 Å². The van der Waals surface area contributed by atoms with Gasteiger partial charge in [0, 0.05) is 17.7 Å². The van der Waals surface area contributed by atoms with Gasteiger partial charge in [0.15, 0.2) is 12.4 Å². The number of nitro benzene ring substituents is 1. The van der Waals surface area contributed by atoms with Gasteiger partial charge in [-0.15, -0.1) is 0 Å². The second-order valence-electron chi connectivity index (χ2n) is 4.82. The second-order valence-corrected chi connectivity index (χ2v) is 5.23. The lowest BCUT2D eigenvalue weighted by Gasteiger charge is -2.07.